The van der Waals surface area contributed by atoms with Crippen molar-refractivity contribution in [2.24, 2.45) is 0 Å². The van der Waals surface area contributed by atoms with Gasteiger partial charge in [-0.3, -0.25) is 4.79 Å². The number of carbonyl (C=O) groups excluding carboxylic acids is 1. The Labute approximate surface area is 191 Å². The largest absolute Gasteiger partial charge is 0.397 e. The lowest BCUT2D eigenvalue weighted by Gasteiger charge is -2.29. The van der Waals surface area contributed by atoms with Crippen LogP contribution in [0.25, 0.3) is 0 Å². The smallest absolute Gasteiger partial charge is 0.256 e. The average Bonchev–Trinajstić information content (AvgIpc) is 2.62. The quantitative estimate of drug-likeness (QED) is 0.142. The van der Waals surface area contributed by atoms with Crippen LogP contribution in [0, 0.1) is 10.7 Å². The van der Waals surface area contributed by atoms with Gasteiger partial charge >= 0.3 is 0 Å². The highest BCUT2D eigenvalue weighted by atomic mass is 127. The number of hydrogen-bond acceptors (Lipinski definition) is 8. The minimum atomic E-state index is -1.76. The molecule has 1 aromatic carbocycles. The summed E-state index contributed by atoms with van der Waals surface area (Å²) in [6.07, 6.45) is -6.67. The third-order valence-electron chi connectivity index (χ3n) is 3.73. The first-order valence-electron chi connectivity index (χ1n) is 7.25. The molecule has 26 heavy (non-hydrogen) atoms. The molecule has 148 valence electrons. The fourth-order valence-corrected chi connectivity index (χ4v) is 5.74. The Morgan fingerprint density at radius 1 is 0.962 bits per heavy atom. The molecule has 1 aromatic rings. The van der Waals surface area contributed by atoms with Crippen LogP contribution < -0.4 is 11.5 Å². The maximum atomic E-state index is 12.8. The summed E-state index contributed by atoms with van der Waals surface area (Å²) in [5.41, 5.74) is 13.0. The second-order valence-electron chi connectivity index (χ2n) is 5.63. The summed E-state index contributed by atoms with van der Waals surface area (Å²) >= 11 is 5.88. The van der Waals surface area contributed by atoms with Crippen molar-refractivity contribution in [3.05, 3.63) is 16.3 Å². The van der Waals surface area contributed by atoms with E-state index >= 15 is 0 Å². The number of benzene rings is 1. The van der Waals surface area contributed by atoms with Gasteiger partial charge in [0.2, 0.25) is 0 Å². The van der Waals surface area contributed by atoms with Gasteiger partial charge in [0.15, 0.2) is 0 Å². The van der Waals surface area contributed by atoms with Crippen LogP contribution in [0.15, 0.2) is 0 Å². The van der Waals surface area contributed by atoms with Gasteiger partial charge in [-0.05, 0) is 67.8 Å². The molecule has 9 N–H and O–H groups in total. The lowest BCUT2D eigenvalue weighted by Crippen LogP contribution is -2.50. The van der Waals surface area contributed by atoms with Crippen LogP contribution in [0.3, 0.4) is 0 Å². The standard InChI is InChI=1S/C14H20I3N3O6/c1-20(2-4(22)12(24)13(25)5(23)3-21)14(26)6-7(15)10(18)9(17)11(19)8(6)16/h4-5,12-13,21-25H,2-3,18-19H2,1H3/t4-,5+,12+,13+/m0/s1. The Morgan fingerprint density at radius 2 is 1.38 bits per heavy atom. The number of likely N-dealkylation sites (N-methyl/N-ethyl adjacent to an activating group) is 1. The maximum absolute atomic E-state index is 12.8. The summed E-state index contributed by atoms with van der Waals surface area (Å²) < 4.78 is 1.69. The zero-order valence-corrected chi connectivity index (χ0v) is 20.1. The van der Waals surface area contributed by atoms with Crippen LogP contribution in [0.2, 0.25) is 0 Å². The van der Waals surface area contributed by atoms with E-state index in [0.717, 1.165) is 4.90 Å². The number of nitrogens with zero attached hydrogens (tertiary/aromatic N) is 1. The molecule has 4 atom stereocenters. The van der Waals surface area contributed by atoms with Crippen molar-refractivity contribution in [2.75, 3.05) is 31.7 Å². The maximum Gasteiger partial charge on any atom is 0.256 e. The minimum Gasteiger partial charge on any atom is -0.397 e. The number of hydrogen-bond donors (Lipinski definition) is 7. The molecule has 0 saturated heterocycles. The zero-order chi connectivity index (χ0) is 20.3. The normalized spacial score (nSPS) is 16.0. The lowest BCUT2D eigenvalue weighted by molar-refractivity contribution is -0.117. The Kier molecular flexibility index (Phi) is 9.51. The zero-order valence-electron chi connectivity index (χ0n) is 13.6. The highest BCUT2D eigenvalue weighted by molar-refractivity contribution is 14.1. The van der Waals surface area contributed by atoms with E-state index in [-0.39, 0.29) is 12.1 Å². The van der Waals surface area contributed by atoms with E-state index < -0.39 is 36.9 Å². The Hall–Kier alpha value is 0.280. The third kappa shape index (κ3) is 5.21. The van der Waals surface area contributed by atoms with E-state index in [1.807, 2.05) is 67.8 Å². The first-order chi connectivity index (χ1) is 11.9. The highest BCUT2D eigenvalue weighted by Crippen LogP contribution is 2.35. The SMILES string of the molecule is CN(C[C@H](O)[C@@H](O)[C@H](O)[C@H](O)CO)C(=O)c1c(I)c(N)c(I)c(N)c1I. The molecule has 0 aliphatic heterocycles. The first-order valence-corrected chi connectivity index (χ1v) is 10.5. The summed E-state index contributed by atoms with van der Waals surface area (Å²) in [5.74, 6) is -0.475. The van der Waals surface area contributed by atoms with Gasteiger partial charge < -0.3 is 41.9 Å². The molecule has 0 unspecified atom stereocenters. The number of carbonyl (C=O) groups is 1. The van der Waals surface area contributed by atoms with Gasteiger partial charge in [-0.15, -0.1) is 0 Å². The number of amides is 1. The van der Waals surface area contributed by atoms with Crippen LogP contribution in [0.1, 0.15) is 10.4 Å². The van der Waals surface area contributed by atoms with E-state index in [1.165, 1.54) is 7.05 Å². The molecule has 12 heteroatoms. The predicted octanol–water partition coefficient (Wildman–Crippen LogP) is -0.827. The monoisotopic (exact) mass is 707 g/mol. The molecule has 0 aliphatic rings. The van der Waals surface area contributed by atoms with Crippen LogP contribution in [-0.4, -0.2) is 81.0 Å². The van der Waals surface area contributed by atoms with E-state index in [2.05, 4.69) is 0 Å². The molecule has 0 bridgehead atoms. The van der Waals surface area contributed by atoms with Gasteiger partial charge in [0.05, 0.1) is 34.3 Å². The van der Waals surface area contributed by atoms with Gasteiger partial charge in [0, 0.05) is 13.6 Å². The number of aliphatic hydroxyl groups is 5. The van der Waals surface area contributed by atoms with Crippen LogP contribution >= 0.6 is 67.8 Å². The minimum absolute atomic E-state index is 0.279. The number of nitrogen functional groups attached to an aromatic ring is 2. The topological polar surface area (TPSA) is 174 Å². The number of anilines is 2. The first kappa shape index (κ1) is 24.3. The van der Waals surface area contributed by atoms with Crippen molar-refractivity contribution in [3.8, 4) is 0 Å². The molecule has 0 fully saturated rings. The molecule has 0 radical (unpaired) electrons. The summed E-state index contributed by atoms with van der Waals surface area (Å²) in [6.45, 7) is -1.11. The number of nitrogens with two attached hydrogens (primary N) is 2. The molecule has 1 amide bonds. The van der Waals surface area contributed by atoms with Crippen LogP contribution in [0.5, 0.6) is 0 Å². The van der Waals surface area contributed by atoms with Crippen LogP contribution in [0.4, 0.5) is 11.4 Å². The van der Waals surface area contributed by atoms with Gasteiger partial charge in [0.1, 0.15) is 24.4 Å². The van der Waals surface area contributed by atoms with Gasteiger partial charge in [-0.1, -0.05) is 0 Å². The molecule has 1 rings (SSSR count). The Morgan fingerprint density at radius 3 is 1.81 bits per heavy atom. The van der Waals surface area contributed by atoms with Crippen molar-refractivity contribution in [1.29, 1.82) is 0 Å². The fraction of sp³-hybridized carbons (Fsp3) is 0.500. The van der Waals surface area contributed by atoms with Crippen molar-refractivity contribution in [1.82, 2.24) is 4.90 Å². The number of halogens is 3. The van der Waals surface area contributed by atoms with Crippen molar-refractivity contribution in [2.45, 2.75) is 24.4 Å². The summed E-state index contributed by atoms with van der Waals surface area (Å²) in [5, 5.41) is 47.7. The highest BCUT2D eigenvalue weighted by Gasteiger charge is 2.32. The lowest BCUT2D eigenvalue weighted by atomic mass is 10.0. The van der Waals surface area contributed by atoms with E-state index in [1.54, 1.807) is 0 Å². The predicted molar refractivity (Wildman–Crippen MR) is 121 cm³/mol. The molecular weight excluding hydrogens is 687 g/mol. The molecule has 0 aliphatic carbocycles. The van der Waals surface area contributed by atoms with Crippen molar-refractivity contribution in [3.63, 3.8) is 0 Å². The molecular formula is C14H20I3N3O6. The summed E-state index contributed by atoms with van der Waals surface area (Å²) in [7, 11) is 1.41. The Balaban J connectivity index is 3.02. The summed E-state index contributed by atoms with van der Waals surface area (Å²) in [4.78, 5) is 13.9. The fourth-order valence-electron chi connectivity index (χ4n) is 2.12. The second-order valence-corrected chi connectivity index (χ2v) is 8.86. The van der Waals surface area contributed by atoms with E-state index in [4.69, 9.17) is 16.6 Å². The molecule has 9 nitrogen and oxygen atoms in total. The average molecular weight is 707 g/mol. The second kappa shape index (κ2) is 10.2. The van der Waals surface area contributed by atoms with Crippen molar-refractivity contribution >= 4 is 85.1 Å². The molecule has 0 heterocycles. The van der Waals surface area contributed by atoms with Crippen molar-refractivity contribution < 1.29 is 30.3 Å². The van der Waals surface area contributed by atoms with Gasteiger partial charge in [0.25, 0.3) is 5.91 Å². The molecule has 0 aromatic heterocycles. The van der Waals surface area contributed by atoms with Crippen LogP contribution in [-0.2, 0) is 0 Å². The molecule has 0 spiro atoms. The van der Waals surface area contributed by atoms with E-state index in [9.17, 15) is 25.2 Å². The Bertz CT molecular complexity index is 649. The van der Waals surface area contributed by atoms with Gasteiger partial charge in [-0.2, -0.15) is 0 Å². The van der Waals surface area contributed by atoms with Gasteiger partial charge in [-0.25, -0.2) is 0 Å². The van der Waals surface area contributed by atoms with E-state index in [0.29, 0.717) is 22.1 Å². The third-order valence-corrected chi connectivity index (χ3v) is 7.13. The number of aliphatic hydroxyl groups excluding tert-OH is 5. The summed E-state index contributed by atoms with van der Waals surface area (Å²) in [6, 6.07) is 0. The number of rotatable bonds is 7. The molecule has 0 saturated carbocycles.